The Balaban J connectivity index is 1.48. The normalized spacial score (nSPS) is 31.2. The first-order valence-corrected chi connectivity index (χ1v) is 11.6. The fourth-order valence-electron chi connectivity index (χ4n) is 5.47. The van der Waals surface area contributed by atoms with Crippen molar-refractivity contribution >= 4 is 6.09 Å². The molecule has 1 aromatic carbocycles. The van der Waals surface area contributed by atoms with Crippen molar-refractivity contribution in [1.29, 1.82) is 0 Å². The van der Waals surface area contributed by atoms with Gasteiger partial charge in [0.05, 0.1) is 12.7 Å². The maximum Gasteiger partial charge on any atom is 0.407 e. The summed E-state index contributed by atoms with van der Waals surface area (Å²) in [7, 11) is 0. The fourth-order valence-corrected chi connectivity index (χ4v) is 5.47. The Bertz CT molecular complexity index is 837. The van der Waals surface area contributed by atoms with Crippen molar-refractivity contribution in [1.82, 2.24) is 5.32 Å². The molecule has 6 nitrogen and oxygen atoms in total. The molecule has 0 aromatic heterocycles. The number of nitrogens with one attached hydrogen (secondary N) is 1. The number of carbonyl (C=O) groups excluding carboxylic acids is 1. The molecule has 3 aliphatic rings. The predicted octanol–water partition coefficient (Wildman–Crippen LogP) is 5.24. The molecule has 1 aromatic rings. The third-order valence-electron chi connectivity index (χ3n) is 7.50. The Morgan fingerprint density at radius 2 is 2.03 bits per heavy atom. The Labute approximate surface area is 185 Å². The van der Waals surface area contributed by atoms with Gasteiger partial charge in [-0.2, -0.15) is 0 Å². The van der Waals surface area contributed by atoms with E-state index in [0.717, 1.165) is 36.3 Å². The summed E-state index contributed by atoms with van der Waals surface area (Å²) in [6, 6.07) is 6.08. The van der Waals surface area contributed by atoms with Gasteiger partial charge in [-0.3, -0.25) is 0 Å². The standard InChI is InChI=1S/C25H35NO5/c1-5-6-7-10-26-24(27)29-14-25-13-28-23(22(18(25)4)16(2)11-17(25)3)19-8-9-20-21(12-19)31-15-30-20/h8-9,11-12,17-18,22-23H,5-7,10,13-15H2,1-4H3,(H,26,27)/t17-,18-,22+,23+,25+/m0/s1. The molecule has 1 N–H and O–H groups in total. The van der Waals surface area contributed by atoms with Crippen LogP contribution in [0.2, 0.25) is 0 Å². The maximum absolute atomic E-state index is 12.3. The number of alkyl carbamates (subject to hydrolysis) is 1. The molecule has 2 bridgehead atoms. The van der Waals surface area contributed by atoms with Crippen LogP contribution < -0.4 is 14.8 Å². The van der Waals surface area contributed by atoms with Gasteiger partial charge in [-0.1, -0.05) is 51.3 Å². The lowest BCUT2D eigenvalue weighted by Gasteiger charge is -2.55. The number of allylic oxidation sites excluding steroid dienone is 1. The number of unbranched alkanes of at least 4 members (excludes halogenated alkanes) is 2. The van der Waals surface area contributed by atoms with E-state index in [0.29, 0.717) is 25.7 Å². The highest BCUT2D eigenvalue weighted by atomic mass is 16.7. The summed E-state index contributed by atoms with van der Waals surface area (Å²) in [6.45, 7) is 10.7. The molecule has 2 aliphatic heterocycles. The summed E-state index contributed by atoms with van der Waals surface area (Å²) in [6.07, 6.45) is 5.18. The highest BCUT2D eigenvalue weighted by molar-refractivity contribution is 5.67. The second-order valence-electron chi connectivity index (χ2n) is 9.30. The van der Waals surface area contributed by atoms with E-state index in [1.54, 1.807) is 0 Å². The van der Waals surface area contributed by atoms with Crippen LogP contribution in [-0.4, -0.2) is 32.6 Å². The second-order valence-corrected chi connectivity index (χ2v) is 9.30. The number of amides is 1. The Hall–Kier alpha value is -2.21. The van der Waals surface area contributed by atoms with Gasteiger partial charge in [-0.25, -0.2) is 4.79 Å². The van der Waals surface area contributed by atoms with Crippen LogP contribution in [0.25, 0.3) is 0 Å². The van der Waals surface area contributed by atoms with E-state index in [4.69, 9.17) is 18.9 Å². The van der Waals surface area contributed by atoms with E-state index in [1.165, 1.54) is 5.57 Å². The third kappa shape index (κ3) is 4.14. The number of ether oxygens (including phenoxy) is 4. The molecule has 0 radical (unpaired) electrons. The van der Waals surface area contributed by atoms with E-state index in [2.05, 4.69) is 45.2 Å². The van der Waals surface area contributed by atoms with Gasteiger partial charge >= 0.3 is 6.09 Å². The quantitative estimate of drug-likeness (QED) is 0.474. The number of fused-ring (bicyclic) bond motifs is 3. The van der Waals surface area contributed by atoms with Crippen LogP contribution >= 0.6 is 0 Å². The zero-order chi connectivity index (χ0) is 22.0. The molecular weight excluding hydrogens is 394 g/mol. The molecule has 4 rings (SSSR count). The first-order chi connectivity index (χ1) is 15.0. The number of carbonyl (C=O) groups is 1. The number of benzene rings is 1. The van der Waals surface area contributed by atoms with Gasteiger partial charge in [-0.05, 0) is 42.9 Å². The smallest absolute Gasteiger partial charge is 0.407 e. The molecule has 31 heavy (non-hydrogen) atoms. The van der Waals surface area contributed by atoms with Crippen LogP contribution in [-0.2, 0) is 9.47 Å². The fraction of sp³-hybridized carbons (Fsp3) is 0.640. The SMILES string of the molecule is CCCCCNC(=O)OC[C@]12CO[C@H](c3ccc4c(c3)OCO4)[C@H](C(C)=C[C@@H]1C)[C@@H]2C. The molecule has 0 spiro atoms. The van der Waals surface area contributed by atoms with Crippen molar-refractivity contribution < 1.29 is 23.7 Å². The number of hydrogen-bond acceptors (Lipinski definition) is 5. The highest BCUT2D eigenvalue weighted by Crippen LogP contribution is 2.56. The zero-order valence-corrected chi connectivity index (χ0v) is 19.1. The molecule has 0 unspecified atom stereocenters. The summed E-state index contributed by atoms with van der Waals surface area (Å²) in [5, 5.41) is 2.88. The van der Waals surface area contributed by atoms with Crippen molar-refractivity contribution in [3.63, 3.8) is 0 Å². The Morgan fingerprint density at radius 3 is 2.84 bits per heavy atom. The van der Waals surface area contributed by atoms with Crippen molar-refractivity contribution in [2.45, 2.75) is 53.1 Å². The minimum absolute atomic E-state index is 0.0516. The first kappa shape index (κ1) is 22.0. The van der Waals surface area contributed by atoms with E-state index in [9.17, 15) is 4.79 Å². The molecule has 0 saturated carbocycles. The lowest BCUT2D eigenvalue weighted by molar-refractivity contribution is -0.165. The van der Waals surface area contributed by atoms with Crippen LogP contribution in [0.5, 0.6) is 11.5 Å². The van der Waals surface area contributed by atoms with E-state index >= 15 is 0 Å². The van der Waals surface area contributed by atoms with Crippen molar-refractivity contribution in [2.75, 3.05) is 26.6 Å². The molecule has 2 heterocycles. The van der Waals surface area contributed by atoms with E-state index in [1.807, 2.05) is 12.1 Å². The molecule has 1 aliphatic carbocycles. The molecule has 170 valence electrons. The minimum atomic E-state index is -0.328. The first-order valence-electron chi connectivity index (χ1n) is 11.6. The number of hydrogen-bond donors (Lipinski definition) is 1. The molecule has 1 amide bonds. The molecular formula is C25H35NO5. The van der Waals surface area contributed by atoms with Gasteiger partial charge in [-0.15, -0.1) is 0 Å². The van der Waals surface area contributed by atoms with Crippen molar-refractivity contribution in [3.8, 4) is 11.5 Å². The van der Waals surface area contributed by atoms with Crippen LogP contribution in [0.1, 0.15) is 58.6 Å². The summed E-state index contributed by atoms with van der Waals surface area (Å²) < 4.78 is 23.3. The average Bonchev–Trinajstić information content (AvgIpc) is 3.22. The van der Waals surface area contributed by atoms with Crippen molar-refractivity contribution in [3.05, 3.63) is 35.4 Å². The predicted molar refractivity (Wildman–Crippen MR) is 118 cm³/mol. The minimum Gasteiger partial charge on any atom is -0.454 e. The highest BCUT2D eigenvalue weighted by Gasteiger charge is 2.54. The zero-order valence-electron chi connectivity index (χ0n) is 19.1. The van der Waals surface area contributed by atoms with Gasteiger partial charge in [0.1, 0.15) is 6.61 Å². The summed E-state index contributed by atoms with van der Waals surface area (Å²) >= 11 is 0. The van der Waals surface area contributed by atoms with Crippen LogP contribution in [0, 0.1) is 23.2 Å². The van der Waals surface area contributed by atoms with Crippen LogP contribution in [0.4, 0.5) is 4.79 Å². The average molecular weight is 430 g/mol. The van der Waals surface area contributed by atoms with E-state index in [-0.39, 0.29) is 36.2 Å². The monoisotopic (exact) mass is 429 g/mol. The molecule has 1 saturated heterocycles. The van der Waals surface area contributed by atoms with Gasteiger partial charge in [0.25, 0.3) is 0 Å². The lowest BCUT2D eigenvalue weighted by atomic mass is 9.56. The maximum atomic E-state index is 12.3. The van der Waals surface area contributed by atoms with Crippen molar-refractivity contribution in [2.24, 2.45) is 23.2 Å². The van der Waals surface area contributed by atoms with Gasteiger partial charge < -0.3 is 24.3 Å². The Morgan fingerprint density at radius 1 is 1.23 bits per heavy atom. The largest absolute Gasteiger partial charge is 0.454 e. The summed E-state index contributed by atoms with van der Waals surface area (Å²) in [5.41, 5.74) is 2.21. The summed E-state index contributed by atoms with van der Waals surface area (Å²) in [5.74, 6) is 2.36. The summed E-state index contributed by atoms with van der Waals surface area (Å²) in [4.78, 5) is 12.3. The van der Waals surface area contributed by atoms with Crippen LogP contribution in [0.15, 0.2) is 29.8 Å². The van der Waals surface area contributed by atoms with E-state index < -0.39 is 0 Å². The third-order valence-corrected chi connectivity index (χ3v) is 7.50. The van der Waals surface area contributed by atoms with Gasteiger partial charge in [0, 0.05) is 17.9 Å². The molecule has 1 fully saturated rings. The Kier molecular flexibility index (Phi) is 6.47. The van der Waals surface area contributed by atoms with Gasteiger partial charge in [0.15, 0.2) is 11.5 Å². The van der Waals surface area contributed by atoms with Crippen LogP contribution in [0.3, 0.4) is 0 Å². The lowest BCUT2D eigenvalue weighted by Crippen LogP contribution is -2.54. The second kappa shape index (κ2) is 9.11. The number of rotatable bonds is 7. The molecule has 5 atom stereocenters. The molecule has 6 heteroatoms. The van der Waals surface area contributed by atoms with Gasteiger partial charge in [0.2, 0.25) is 6.79 Å². The topological polar surface area (TPSA) is 66.0 Å².